The van der Waals surface area contributed by atoms with Crippen molar-refractivity contribution in [1.29, 1.82) is 5.41 Å². The van der Waals surface area contributed by atoms with E-state index >= 15 is 0 Å². The Hall–Kier alpha value is -4.08. The Balaban J connectivity index is 1.61. The smallest absolute Gasteiger partial charge is 0.275 e. The lowest BCUT2D eigenvalue weighted by molar-refractivity contribution is -0.126. The highest BCUT2D eigenvalue weighted by Gasteiger charge is 2.12. The number of carbonyl (C=O) groups is 2. The second-order valence-electron chi connectivity index (χ2n) is 6.20. The fourth-order valence-electron chi connectivity index (χ4n) is 2.51. The molecule has 2 heterocycles. The summed E-state index contributed by atoms with van der Waals surface area (Å²) in [4.78, 5) is 33.8. The zero-order chi connectivity index (χ0) is 20.8. The van der Waals surface area contributed by atoms with Gasteiger partial charge in [0.1, 0.15) is 5.69 Å². The molecule has 0 fully saturated rings. The van der Waals surface area contributed by atoms with Crippen LogP contribution in [0.15, 0.2) is 55.1 Å². The van der Waals surface area contributed by atoms with Crippen molar-refractivity contribution in [3.63, 3.8) is 0 Å². The molecular formula is C19H20N8O2. The number of hydrogen-bond acceptors (Lipinski definition) is 6. The van der Waals surface area contributed by atoms with E-state index in [1.807, 2.05) is 6.07 Å². The van der Waals surface area contributed by atoms with Crippen LogP contribution in [0.4, 0.5) is 5.69 Å². The highest BCUT2D eigenvalue weighted by molar-refractivity contribution is 6.02. The van der Waals surface area contributed by atoms with Crippen molar-refractivity contribution in [2.45, 2.75) is 12.8 Å². The molecule has 2 amide bonds. The molecule has 0 unspecified atom stereocenters. The van der Waals surface area contributed by atoms with E-state index in [1.165, 1.54) is 19.4 Å². The van der Waals surface area contributed by atoms with Gasteiger partial charge < -0.3 is 11.1 Å². The third-order valence-corrected chi connectivity index (χ3v) is 4.16. The van der Waals surface area contributed by atoms with E-state index < -0.39 is 5.91 Å². The van der Waals surface area contributed by atoms with Gasteiger partial charge in [0.2, 0.25) is 5.91 Å². The van der Waals surface area contributed by atoms with E-state index in [-0.39, 0.29) is 24.0 Å². The van der Waals surface area contributed by atoms with Gasteiger partial charge in [0.05, 0.1) is 12.4 Å². The fraction of sp³-hybridized carbons (Fsp3) is 0.158. The summed E-state index contributed by atoms with van der Waals surface area (Å²) in [5, 5.41) is 14.1. The molecule has 0 aliphatic rings. The predicted octanol–water partition coefficient (Wildman–Crippen LogP) is 1.20. The molecular weight excluding hydrogens is 372 g/mol. The molecule has 0 atom stereocenters. The molecule has 0 bridgehead atoms. The molecule has 2 aromatic heterocycles. The summed E-state index contributed by atoms with van der Waals surface area (Å²) < 4.78 is 1.54. The number of carbonyl (C=O) groups excluding carboxylic acids is 2. The number of nitrogens with zero attached hydrogens (tertiary/aromatic N) is 5. The molecule has 10 nitrogen and oxygen atoms in total. The Bertz CT molecular complexity index is 1010. The van der Waals surface area contributed by atoms with Crippen LogP contribution in [-0.4, -0.2) is 49.5 Å². The van der Waals surface area contributed by atoms with Gasteiger partial charge in [-0.25, -0.2) is 14.6 Å². The number of nitrogens with one attached hydrogen (secondary N) is 2. The molecule has 3 rings (SSSR count). The lowest BCUT2D eigenvalue weighted by Gasteiger charge is -2.14. The second-order valence-corrected chi connectivity index (χ2v) is 6.20. The van der Waals surface area contributed by atoms with Crippen molar-refractivity contribution in [1.82, 2.24) is 24.6 Å². The van der Waals surface area contributed by atoms with Gasteiger partial charge in [-0.05, 0) is 30.2 Å². The maximum Gasteiger partial charge on any atom is 0.275 e. The number of nitrogens with two attached hydrogens (primary N) is 1. The van der Waals surface area contributed by atoms with E-state index in [4.69, 9.17) is 11.1 Å². The lowest BCUT2D eigenvalue weighted by atomic mass is 10.1. The molecule has 0 saturated heterocycles. The predicted molar refractivity (Wildman–Crippen MR) is 107 cm³/mol. The summed E-state index contributed by atoms with van der Waals surface area (Å²) >= 11 is 0. The number of aryl methyl sites for hydroxylation is 1. The van der Waals surface area contributed by atoms with Crippen LogP contribution < -0.4 is 11.1 Å². The molecule has 0 spiro atoms. The fourth-order valence-corrected chi connectivity index (χ4v) is 2.51. The average molecular weight is 392 g/mol. The summed E-state index contributed by atoms with van der Waals surface area (Å²) in [5.74, 6) is -0.432. The molecule has 1 aromatic carbocycles. The summed E-state index contributed by atoms with van der Waals surface area (Å²) in [6.07, 6.45) is 6.86. The first-order valence-corrected chi connectivity index (χ1v) is 8.77. The van der Waals surface area contributed by atoms with Crippen molar-refractivity contribution < 1.29 is 9.59 Å². The average Bonchev–Trinajstić information content (AvgIpc) is 3.26. The van der Waals surface area contributed by atoms with E-state index in [9.17, 15) is 9.59 Å². The van der Waals surface area contributed by atoms with Crippen molar-refractivity contribution in [3.8, 4) is 5.82 Å². The van der Waals surface area contributed by atoms with Crippen LogP contribution in [-0.2, 0) is 11.2 Å². The Kier molecular flexibility index (Phi) is 5.93. The highest BCUT2D eigenvalue weighted by Crippen LogP contribution is 2.14. The maximum absolute atomic E-state index is 12.4. The largest absolute Gasteiger partial charge is 0.370 e. The SMILES string of the molecule is CN(C(=N)N)C(=O)CCc1cccc(NC(=O)c2cnc(-n3cccn3)cn2)c1. The minimum atomic E-state index is -0.394. The number of guanidine groups is 1. The first kappa shape index (κ1) is 19.7. The quantitative estimate of drug-likeness (QED) is 0.425. The number of rotatable bonds is 6. The molecule has 10 heteroatoms. The summed E-state index contributed by atoms with van der Waals surface area (Å²) in [6, 6.07) is 8.94. The normalized spacial score (nSPS) is 10.4. The first-order valence-electron chi connectivity index (χ1n) is 8.77. The van der Waals surface area contributed by atoms with Gasteiger partial charge in [0, 0.05) is 31.5 Å². The Morgan fingerprint density at radius 3 is 2.72 bits per heavy atom. The zero-order valence-corrected chi connectivity index (χ0v) is 15.7. The molecule has 0 aliphatic heterocycles. The van der Waals surface area contributed by atoms with Crippen LogP contribution >= 0.6 is 0 Å². The van der Waals surface area contributed by atoms with Crippen LogP contribution in [0, 0.1) is 5.41 Å². The maximum atomic E-state index is 12.4. The highest BCUT2D eigenvalue weighted by atomic mass is 16.2. The van der Waals surface area contributed by atoms with Crippen LogP contribution in [0.3, 0.4) is 0 Å². The van der Waals surface area contributed by atoms with Crippen molar-refractivity contribution in [3.05, 3.63) is 66.4 Å². The number of hydrogen-bond donors (Lipinski definition) is 3. The standard InChI is InChI=1S/C19H20N8O2/c1-26(19(20)21)17(28)7-6-13-4-2-5-14(10-13)25-18(29)15-11-23-16(12-22-15)27-9-3-8-24-27/h2-5,8-12H,6-7H2,1H3,(H3,20,21)(H,25,29). The first-order chi connectivity index (χ1) is 13.9. The van der Waals surface area contributed by atoms with Gasteiger partial charge >= 0.3 is 0 Å². The van der Waals surface area contributed by atoms with Gasteiger partial charge in [-0.2, -0.15) is 5.10 Å². The third kappa shape index (κ3) is 5.01. The summed E-state index contributed by atoms with van der Waals surface area (Å²) in [6.45, 7) is 0. The Morgan fingerprint density at radius 1 is 1.24 bits per heavy atom. The molecule has 148 valence electrons. The number of aromatic nitrogens is 4. The topological polar surface area (TPSA) is 143 Å². The van der Waals surface area contributed by atoms with E-state index in [0.29, 0.717) is 17.9 Å². The van der Waals surface area contributed by atoms with Crippen LogP contribution in [0.1, 0.15) is 22.5 Å². The van der Waals surface area contributed by atoms with E-state index in [2.05, 4.69) is 20.4 Å². The molecule has 0 radical (unpaired) electrons. The molecule has 0 aliphatic carbocycles. The third-order valence-electron chi connectivity index (χ3n) is 4.16. The van der Waals surface area contributed by atoms with Crippen LogP contribution in [0.25, 0.3) is 5.82 Å². The van der Waals surface area contributed by atoms with Crippen LogP contribution in [0.5, 0.6) is 0 Å². The van der Waals surface area contributed by atoms with Crippen molar-refractivity contribution in [2.75, 3.05) is 12.4 Å². The van der Waals surface area contributed by atoms with Crippen molar-refractivity contribution >= 4 is 23.5 Å². The molecule has 4 N–H and O–H groups in total. The Labute approximate surface area is 166 Å². The lowest BCUT2D eigenvalue weighted by Crippen LogP contribution is -2.38. The zero-order valence-electron chi connectivity index (χ0n) is 15.7. The minimum Gasteiger partial charge on any atom is -0.370 e. The van der Waals surface area contributed by atoms with Gasteiger partial charge in [0.25, 0.3) is 5.91 Å². The van der Waals surface area contributed by atoms with Gasteiger partial charge in [0.15, 0.2) is 11.8 Å². The number of amides is 2. The van der Waals surface area contributed by atoms with Gasteiger partial charge in [-0.1, -0.05) is 12.1 Å². The Morgan fingerprint density at radius 2 is 2.07 bits per heavy atom. The minimum absolute atomic E-state index is 0.171. The second kappa shape index (κ2) is 8.74. The van der Waals surface area contributed by atoms with Crippen molar-refractivity contribution in [2.24, 2.45) is 5.73 Å². The molecule has 0 saturated carbocycles. The van der Waals surface area contributed by atoms with Gasteiger partial charge in [-0.3, -0.25) is 19.9 Å². The van der Waals surface area contributed by atoms with Gasteiger partial charge in [-0.15, -0.1) is 0 Å². The van der Waals surface area contributed by atoms with E-state index in [1.54, 1.807) is 41.3 Å². The summed E-state index contributed by atoms with van der Waals surface area (Å²) in [5.41, 5.74) is 6.92. The van der Waals surface area contributed by atoms with Crippen LogP contribution in [0.2, 0.25) is 0 Å². The monoisotopic (exact) mass is 392 g/mol. The van der Waals surface area contributed by atoms with E-state index in [0.717, 1.165) is 10.5 Å². The molecule has 3 aromatic rings. The summed E-state index contributed by atoms with van der Waals surface area (Å²) in [7, 11) is 1.46. The molecule has 29 heavy (non-hydrogen) atoms. The number of anilines is 1. The number of benzene rings is 1.